The molecular weight excluding hydrogens is 528 g/mol. The number of thiazole rings is 1. The van der Waals surface area contributed by atoms with E-state index < -0.39 is 12.0 Å². The van der Waals surface area contributed by atoms with Crippen LogP contribution in [0.1, 0.15) is 35.2 Å². The molecule has 0 aliphatic carbocycles. The number of hydrogen-bond donors (Lipinski definition) is 0. The molecule has 1 atom stereocenters. The largest absolute Gasteiger partial charge is 0.497 e. The zero-order valence-electron chi connectivity index (χ0n) is 22.2. The first-order valence-corrected chi connectivity index (χ1v) is 13.6. The molecule has 0 unspecified atom stereocenters. The number of aromatic nitrogens is 1. The van der Waals surface area contributed by atoms with Crippen molar-refractivity contribution >= 4 is 29.1 Å². The average Bonchev–Trinajstić information content (AvgIpc) is 3.56. The Labute approximate surface area is 234 Å². The van der Waals surface area contributed by atoms with Crippen molar-refractivity contribution in [2.45, 2.75) is 19.9 Å². The summed E-state index contributed by atoms with van der Waals surface area (Å²) in [6.45, 7) is 4.07. The minimum absolute atomic E-state index is 0.168. The second-order valence-electron chi connectivity index (χ2n) is 9.27. The minimum Gasteiger partial charge on any atom is -0.497 e. The van der Waals surface area contributed by atoms with Gasteiger partial charge in [-0.15, -0.1) is 0 Å². The van der Waals surface area contributed by atoms with Crippen molar-refractivity contribution in [3.63, 3.8) is 0 Å². The molecular formula is C31H26N2O6S. The van der Waals surface area contributed by atoms with Crippen LogP contribution in [-0.2, 0) is 9.53 Å². The zero-order valence-corrected chi connectivity index (χ0v) is 23.0. The summed E-state index contributed by atoms with van der Waals surface area (Å²) in [6.07, 6.45) is 1.84. The molecule has 0 radical (unpaired) electrons. The third-order valence-corrected chi connectivity index (χ3v) is 7.84. The van der Waals surface area contributed by atoms with Gasteiger partial charge in [-0.25, -0.2) is 9.79 Å². The number of hydrogen-bond acceptors (Lipinski definition) is 8. The van der Waals surface area contributed by atoms with E-state index in [0.29, 0.717) is 37.9 Å². The Balaban J connectivity index is 1.62. The van der Waals surface area contributed by atoms with E-state index in [1.165, 1.54) is 11.3 Å². The Morgan fingerprint density at radius 3 is 2.52 bits per heavy atom. The van der Waals surface area contributed by atoms with Crippen LogP contribution in [0.5, 0.6) is 17.2 Å². The summed E-state index contributed by atoms with van der Waals surface area (Å²) in [6, 6.07) is 19.8. The van der Waals surface area contributed by atoms with Gasteiger partial charge in [0, 0.05) is 5.56 Å². The highest BCUT2D eigenvalue weighted by Gasteiger charge is 2.35. The van der Waals surface area contributed by atoms with E-state index >= 15 is 0 Å². The summed E-state index contributed by atoms with van der Waals surface area (Å²) >= 11 is 1.28. The number of carbonyl (C=O) groups excluding carboxylic acids is 1. The predicted molar refractivity (Wildman–Crippen MR) is 151 cm³/mol. The lowest BCUT2D eigenvalue weighted by atomic mass is 9.93. The normalized spacial score (nSPS) is 16.0. The number of carbonyl (C=O) groups is 1. The molecule has 0 N–H and O–H groups in total. The van der Waals surface area contributed by atoms with Gasteiger partial charge in [0.2, 0.25) is 6.79 Å². The first-order chi connectivity index (χ1) is 19.5. The van der Waals surface area contributed by atoms with Crippen LogP contribution in [0.25, 0.3) is 11.8 Å². The predicted octanol–water partition coefficient (Wildman–Crippen LogP) is 3.98. The van der Waals surface area contributed by atoms with Gasteiger partial charge in [-0.2, -0.15) is 0 Å². The van der Waals surface area contributed by atoms with E-state index in [9.17, 15) is 9.59 Å². The van der Waals surface area contributed by atoms with Crippen molar-refractivity contribution in [2.75, 3.05) is 20.5 Å². The molecule has 3 aromatic carbocycles. The van der Waals surface area contributed by atoms with E-state index in [4.69, 9.17) is 23.9 Å². The monoisotopic (exact) mass is 554 g/mol. The molecule has 1 aromatic heterocycles. The average molecular weight is 555 g/mol. The highest BCUT2D eigenvalue weighted by molar-refractivity contribution is 7.07. The van der Waals surface area contributed by atoms with E-state index in [-0.39, 0.29) is 19.0 Å². The summed E-state index contributed by atoms with van der Waals surface area (Å²) in [5.74, 6) is 1.46. The molecule has 202 valence electrons. The molecule has 0 spiro atoms. The van der Waals surface area contributed by atoms with E-state index in [2.05, 4.69) is 0 Å². The van der Waals surface area contributed by atoms with Gasteiger partial charge in [-0.05, 0) is 60.9 Å². The molecule has 2 aliphatic heterocycles. The minimum atomic E-state index is -0.753. The third kappa shape index (κ3) is 4.48. The topological polar surface area (TPSA) is 88.4 Å². The van der Waals surface area contributed by atoms with Crippen LogP contribution in [-0.4, -0.2) is 31.0 Å². The van der Waals surface area contributed by atoms with Crippen molar-refractivity contribution < 1.29 is 23.7 Å². The van der Waals surface area contributed by atoms with Crippen LogP contribution in [0.2, 0.25) is 0 Å². The second kappa shape index (κ2) is 10.5. The zero-order chi connectivity index (χ0) is 27.8. The van der Waals surface area contributed by atoms with Crippen LogP contribution >= 0.6 is 11.3 Å². The number of esters is 1. The molecule has 4 aromatic rings. The van der Waals surface area contributed by atoms with Gasteiger partial charge in [0.15, 0.2) is 16.3 Å². The van der Waals surface area contributed by atoms with Crippen molar-refractivity contribution in [3.8, 4) is 17.2 Å². The lowest BCUT2D eigenvalue weighted by molar-refractivity contribution is -0.138. The maximum absolute atomic E-state index is 14.1. The maximum atomic E-state index is 14.1. The summed E-state index contributed by atoms with van der Waals surface area (Å²) in [7, 11) is 1.59. The number of fused-ring (bicyclic) bond motifs is 2. The smallest absolute Gasteiger partial charge is 0.338 e. The quantitative estimate of drug-likeness (QED) is 0.335. The standard InChI is InChI=1S/C31H26N2O6S/c1-4-37-30(35)26-27(19-8-6-5-7-9-19)32-31-33(28(26)20-10-12-22(36-3)13-11-20)29(34)25(40-31)16-21-15-24-23(14-18(21)2)38-17-39-24/h5-16,28H,4,17H2,1-3H3/t28-/m0/s1. The number of benzene rings is 3. The first-order valence-electron chi connectivity index (χ1n) is 12.8. The SMILES string of the molecule is CCOC(=O)C1=C(c2ccccc2)N=c2sc(=Cc3cc4c(cc3C)OCO4)c(=O)n2[C@H]1c1ccc(OC)cc1. The summed E-state index contributed by atoms with van der Waals surface area (Å²) < 4.78 is 24.0. The van der Waals surface area contributed by atoms with Gasteiger partial charge in [-0.3, -0.25) is 9.36 Å². The maximum Gasteiger partial charge on any atom is 0.338 e. The van der Waals surface area contributed by atoms with Crippen LogP contribution in [0.4, 0.5) is 0 Å². The van der Waals surface area contributed by atoms with Crippen LogP contribution in [0.3, 0.4) is 0 Å². The van der Waals surface area contributed by atoms with Crippen molar-refractivity contribution in [2.24, 2.45) is 4.99 Å². The van der Waals surface area contributed by atoms with E-state index in [1.54, 1.807) is 18.6 Å². The molecule has 40 heavy (non-hydrogen) atoms. The van der Waals surface area contributed by atoms with Gasteiger partial charge >= 0.3 is 5.97 Å². The van der Waals surface area contributed by atoms with Gasteiger partial charge < -0.3 is 18.9 Å². The Morgan fingerprint density at radius 2 is 1.82 bits per heavy atom. The van der Waals surface area contributed by atoms with Crippen LogP contribution in [0.15, 0.2) is 82.1 Å². The lowest BCUT2D eigenvalue weighted by Crippen LogP contribution is -2.40. The van der Waals surface area contributed by atoms with Gasteiger partial charge in [0.05, 0.1) is 35.6 Å². The first kappa shape index (κ1) is 25.6. The number of ether oxygens (including phenoxy) is 4. The molecule has 0 bridgehead atoms. The Morgan fingerprint density at radius 1 is 1.10 bits per heavy atom. The fourth-order valence-corrected chi connectivity index (χ4v) is 5.89. The molecule has 0 amide bonds. The third-order valence-electron chi connectivity index (χ3n) is 6.85. The summed E-state index contributed by atoms with van der Waals surface area (Å²) in [5, 5.41) is 0. The summed E-state index contributed by atoms with van der Waals surface area (Å²) in [5.41, 5.74) is 3.80. The Hall–Kier alpha value is -4.63. The second-order valence-corrected chi connectivity index (χ2v) is 10.3. The van der Waals surface area contributed by atoms with Crippen LogP contribution < -0.4 is 29.1 Å². The fourth-order valence-electron chi connectivity index (χ4n) is 4.90. The number of aryl methyl sites for hydroxylation is 1. The van der Waals surface area contributed by atoms with Gasteiger partial charge in [0.1, 0.15) is 5.75 Å². The van der Waals surface area contributed by atoms with Gasteiger partial charge in [-0.1, -0.05) is 53.8 Å². The lowest BCUT2D eigenvalue weighted by Gasteiger charge is -2.26. The molecule has 3 heterocycles. The molecule has 9 heteroatoms. The van der Waals surface area contributed by atoms with Crippen molar-refractivity contribution in [1.82, 2.24) is 4.57 Å². The number of nitrogens with zero attached hydrogens (tertiary/aromatic N) is 2. The molecule has 8 nitrogen and oxygen atoms in total. The molecule has 2 aliphatic rings. The number of rotatable bonds is 6. The Bertz CT molecular complexity index is 1820. The van der Waals surface area contributed by atoms with E-state index in [0.717, 1.165) is 22.3 Å². The molecule has 6 rings (SSSR count). The van der Waals surface area contributed by atoms with Crippen molar-refractivity contribution in [3.05, 3.63) is 114 Å². The van der Waals surface area contributed by atoms with Crippen molar-refractivity contribution in [1.29, 1.82) is 0 Å². The van der Waals surface area contributed by atoms with Crippen LogP contribution in [0, 0.1) is 6.92 Å². The van der Waals surface area contributed by atoms with E-state index in [1.807, 2.05) is 79.7 Å². The van der Waals surface area contributed by atoms with Gasteiger partial charge in [0.25, 0.3) is 5.56 Å². The molecule has 0 fully saturated rings. The highest BCUT2D eigenvalue weighted by atomic mass is 32.1. The number of methoxy groups -OCH3 is 1. The molecule has 0 saturated heterocycles. The Kier molecular flexibility index (Phi) is 6.73. The fraction of sp³-hybridized carbons (Fsp3) is 0.194. The highest BCUT2D eigenvalue weighted by Crippen LogP contribution is 2.36. The molecule has 0 saturated carbocycles. The summed E-state index contributed by atoms with van der Waals surface area (Å²) in [4.78, 5) is 33.0.